The summed E-state index contributed by atoms with van der Waals surface area (Å²) in [6, 6.07) is 3.91. The van der Waals surface area contributed by atoms with Crippen molar-refractivity contribution in [1.82, 2.24) is 0 Å². The van der Waals surface area contributed by atoms with Gasteiger partial charge in [0, 0.05) is 11.4 Å². The van der Waals surface area contributed by atoms with E-state index in [1.807, 2.05) is 0 Å². The second-order valence-electron chi connectivity index (χ2n) is 3.86. The molecule has 0 saturated carbocycles. The molecule has 8 heteroatoms. The lowest BCUT2D eigenvalue weighted by Crippen LogP contribution is -2.33. The van der Waals surface area contributed by atoms with Crippen molar-refractivity contribution in [1.29, 1.82) is 0 Å². The van der Waals surface area contributed by atoms with Crippen LogP contribution in [0.1, 0.15) is 0 Å². The lowest BCUT2D eigenvalue weighted by atomic mass is 10.3. The number of nitrogens with two attached hydrogens (primary N) is 1. The molecule has 1 amide bonds. The van der Waals surface area contributed by atoms with E-state index in [1.165, 1.54) is 7.11 Å². The molecule has 1 rings (SSSR count). The van der Waals surface area contributed by atoms with E-state index in [0.29, 0.717) is 16.5 Å². The lowest BCUT2D eigenvalue weighted by Gasteiger charge is -2.09. The van der Waals surface area contributed by atoms with Gasteiger partial charge < -0.3 is 20.9 Å². The van der Waals surface area contributed by atoms with Gasteiger partial charge in [-0.15, -0.1) is 11.8 Å². The SMILES string of the molecule is COc1ccc(NC(=O)CSC[C@H](N)C(=O)O)cc1Cl. The normalized spacial score (nSPS) is 11.8. The number of carboxylic acids is 1. The zero-order valence-electron chi connectivity index (χ0n) is 10.8. The number of benzene rings is 1. The molecule has 4 N–H and O–H groups in total. The molecule has 0 spiro atoms. The minimum atomic E-state index is -1.08. The highest BCUT2D eigenvalue weighted by molar-refractivity contribution is 8.00. The zero-order chi connectivity index (χ0) is 15.1. The number of amides is 1. The number of carboxylic acid groups (broad SMARTS) is 1. The van der Waals surface area contributed by atoms with E-state index in [2.05, 4.69) is 5.32 Å². The van der Waals surface area contributed by atoms with Crippen LogP contribution in [0.15, 0.2) is 18.2 Å². The maximum atomic E-state index is 11.6. The molecule has 0 heterocycles. The molecule has 6 nitrogen and oxygen atoms in total. The van der Waals surface area contributed by atoms with Crippen molar-refractivity contribution in [3.8, 4) is 5.75 Å². The van der Waals surface area contributed by atoms with Gasteiger partial charge in [0.1, 0.15) is 11.8 Å². The first kappa shape index (κ1) is 16.6. The van der Waals surface area contributed by atoms with E-state index in [4.69, 9.17) is 27.2 Å². The Bertz CT molecular complexity index is 498. The monoisotopic (exact) mass is 318 g/mol. The second-order valence-corrected chi connectivity index (χ2v) is 5.29. The van der Waals surface area contributed by atoms with Crippen molar-refractivity contribution >= 4 is 40.9 Å². The largest absolute Gasteiger partial charge is 0.495 e. The van der Waals surface area contributed by atoms with Gasteiger partial charge in [0.25, 0.3) is 0 Å². The first-order valence-electron chi connectivity index (χ1n) is 5.63. The number of anilines is 1. The van der Waals surface area contributed by atoms with Crippen LogP contribution in [0.5, 0.6) is 5.75 Å². The zero-order valence-corrected chi connectivity index (χ0v) is 12.3. The summed E-state index contributed by atoms with van der Waals surface area (Å²) in [5, 5.41) is 11.6. The summed E-state index contributed by atoms with van der Waals surface area (Å²) in [6.07, 6.45) is 0. The molecular weight excluding hydrogens is 304 g/mol. The Morgan fingerprint density at radius 1 is 1.55 bits per heavy atom. The topological polar surface area (TPSA) is 102 Å². The number of carbonyl (C=O) groups excluding carboxylic acids is 1. The van der Waals surface area contributed by atoms with Crippen molar-refractivity contribution in [2.24, 2.45) is 5.73 Å². The lowest BCUT2D eigenvalue weighted by molar-refractivity contribution is -0.137. The Balaban J connectivity index is 2.43. The molecule has 0 aliphatic heterocycles. The van der Waals surface area contributed by atoms with Crippen LogP contribution in [0.4, 0.5) is 5.69 Å². The predicted molar refractivity (Wildman–Crippen MR) is 79.6 cm³/mol. The number of aliphatic carboxylic acids is 1. The molecule has 0 fully saturated rings. The fourth-order valence-corrected chi connectivity index (χ4v) is 2.32. The molecule has 0 aliphatic carbocycles. The average molecular weight is 319 g/mol. The fourth-order valence-electron chi connectivity index (χ4n) is 1.29. The molecule has 1 atom stereocenters. The summed E-state index contributed by atoms with van der Waals surface area (Å²) in [5.41, 5.74) is 5.87. The number of hydrogen-bond acceptors (Lipinski definition) is 5. The molecule has 1 aromatic rings. The van der Waals surface area contributed by atoms with Crippen LogP contribution in [-0.2, 0) is 9.59 Å². The molecule has 0 unspecified atom stereocenters. The molecule has 0 radical (unpaired) electrons. The van der Waals surface area contributed by atoms with E-state index in [1.54, 1.807) is 18.2 Å². The van der Waals surface area contributed by atoms with Crippen LogP contribution in [0.3, 0.4) is 0 Å². The van der Waals surface area contributed by atoms with Gasteiger partial charge in [0.15, 0.2) is 0 Å². The molecule has 110 valence electrons. The van der Waals surface area contributed by atoms with Gasteiger partial charge in [-0.3, -0.25) is 9.59 Å². The summed E-state index contributed by atoms with van der Waals surface area (Å²) in [4.78, 5) is 22.1. The van der Waals surface area contributed by atoms with E-state index < -0.39 is 12.0 Å². The predicted octanol–water partition coefficient (Wildman–Crippen LogP) is 1.43. The average Bonchev–Trinajstić information content (AvgIpc) is 2.38. The molecule has 0 aliphatic rings. The van der Waals surface area contributed by atoms with Crippen molar-refractivity contribution in [3.63, 3.8) is 0 Å². The quantitative estimate of drug-likeness (QED) is 0.703. The molecular formula is C12H15ClN2O4S. The Morgan fingerprint density at radius 2 is 2.25 bits per heavy atom. The van der Waals surface area contributed by atoms with Gasteiger partial charge >= 0.3 is 5.97 Å². The van der Waals surface area contributed by atoms with Crippen LogP contribution in [-0.4, -0.2) is 41.6 Å². The molecule has 0 aromatic heterocycles. The Kier molecular flexibility index (Phi) is 6.63. The van der Waals surface area contributed by atoms with Gasteiger partial charge in [0.05, 0.1) is 17.9 Å². The third-order valence-electron chi connectivity index (χ3n) is 2.28. The highest BCUT2D eigenvalue weighted by atomic mass is 35.5. The Labute approximate surface area is 125 Å². The molecule has 20 heavy (non-hydrogen) atoms. The number of carbonyl (C=O) groups is 2. The van der Waals surface area contributed by atoms with Gasteiger partial charge in [-0.1, -0.05) is 11.6 Å². The highest BCUT2D eigenvalue weighted by Crippen LogP contribution is 2.27. The number of methoxy groups -OCH3 is 1. The van der Waals surface area contributed by atoms with Crippen LogP contribution in [0.2, 0.25) is 5.02 Å². The van der Waals surface area contributed by atoms with Crippen molar-refractivity contribution in [2.75, 3.05) is 23.9 Å². The first-order valence-corrected chi connectivity index (χ1v) is 7.17. The van der Waals surface area contributed by atoms with Crippen molar-refractivity contribution in [3.05, 3.63) is 23.2 Å². The minimum absolute atomic E-state index is 0.116. The van der Waals surface area contributed by atoms with E-state index in [-0.39, 0.29) is 17.4 Å². The molecule has 0 bridgehead atoms. The summed E-state index contributed by atoms with van der Waals surface area (Å²) in [5.74, 6) is -0.531. The highest BCUT2D eigenvalue weighted by Gasteiger charge is 2.12. The number of rotatable bonds is 7. The van der Waals surface area contributed by atoms with Gasteiger partial charge in [-0.25, -0.2) is 0 Å². The first-order chi connectivity index (χ1) is 9.43. The Morgan fingerprint density at radius 3 is 2.80 bits per heavy atom. The molecule has 0 saturated heterocycles. The van der Waals surface area contributed by atoms with E-state index in [0.717, 1.165) is 11.8 Å². The maximum Gasteiger partial charge on any atom is 0.321 e. The van der Waals surface area contributed by atoms with Crippen LogP contribution in [0.25, 0.3) is 0 Å². The number of nitrogens with one attached hydrogen (secondary N) is 1. The Hall–Kier alpha value is -1.44. The summed E-state index contributed by atoms with van der Waals surface area (Å²) < 4.78 is 5.00. The standard InChI is InChI=1S/C12H15ClN2O4S/c1-19-10-3-2-7(4-8(10)13)15-11(16)6-20-5-9(14)12(17)18/h2-4,9H,5-6,14H2,1H3,(H,15,16)(H,17,18)/t9-/m0/s1. The smallest absolute Gasteiger partial charge is 0.321 e. The van der Waals surface area contributed by atoms with E-state index >= 15 is 0 Å². The second kappa shape index (κ2) is 7.98. The van der Waals surface area contributed by atoms with E-state index in [9.17, 15) is 9.59 Å². The van der Waals surface area contributed by atoms with Crippen molar-refractivity contribution in [2.45, 2.75) is 6.04 Å². The summed E-state index contributed by atoms with van der Waals surface area (Å²) in [6.45, 7) is 0. The summed E-state index contributed by atoms with van der Waals surface area (Å²) in [7, 11) is 1.50. The molecule has 1 aromatic carbocycles. The van der Waals surface area contributed by atoms with Gasteiger partial charge in [0.2, 0.25) is 5.91 Å². The maximum absolute atomic E-state index is 11.6. The fraction of sp³-hybridized carbons (Fsp3) is 0.333. The number of thioether (sulfide) groups is 1. The number of hydrogen-bond donors (Lipinski definition) is 3. The van der Waals surface area contributed by atoms with Gasteiger partial charge in [-0.05, 0) is 18.2 Å². The third-order valence-corrected chi connectivity index (χ3v) is 3.64. The van der Waals surface area contributed by atoms with Gasteiger partial charge in [-0.2, -0.15) is 0 Å². The van der Waals surface area contributed by atoms with Crippen LogP contribution in [0, 0.1) is 0 Å². The van der Waals surface area contributed by atoms with Crippen molar-refractivity contribution < 1.29 is 19.4 Å². The summed E-state index contributed by atoms with van der Waals surface area (Å²) >= 11 is 7.08. The number of halogens is 1. The van der Waals surface area contributed by atoms with Crippen LogP contribution < -0.4 is 15.8 Å². The van der Waals surface area contributed by atoms with Crippen LogP contribution >= 0.6 is 23.4 Å². The minimum Gasteiger partial charge on any atom is -0.495 e. The third kappa shape index (κ3) is 5.28. The number of ether oxygens (including phenoxy) is 1.